The Hall–Kier alpha value is -1.47. The number of carbonyl (C=O) groups is 1. The van der Waals surface area contributed by atoms with Crippen LogP contribution < -0.4 is 0 Å². The van der Waals surface area contributed by atoms with Crippen molar-refractivity contribution >= 4 is 15.9 Å². The summed E-state index contributed by atoms with van der Waals surface area (Å²) >= 11 is 0. The number of halogens is 1. The van der Waals surface area contributed by atoms with Gasteiger partial charge in [0.15, 0.2) is 0 Å². The van der Waals surface area contributed by atoms with E-state index in [0.29, 0.717) is 26.2 Å². The van der Waals surface area contributed by atoms with Gasteiger partial charge in [-0.05, 0) is 80.5 Å². The summed E-state index contributed by atoms with van der Waals surface area (Å²) in [5.74, 6) is 1.97. The van der Waals surface area contributed by atoms with Crippen LogP contribution in [-0.2, 0) is 14.8 Å². The average Bonchev–Trinajstić information content (AvgIpc) is 2.67. The highest BCUT2D eigenvalue weighted by molar-refractivity contribution is 7.89. The Kier molecular flexibility index (Phi) is 4.32. The van der Waals surface area contributed by atoms with Crippen molar-refractivity contribution in [3.63, 3.8) is 0 Å². The number of carbonyl (C=O) groups excluding carboxylic acids is 1. The van der Waals surface area contributed by atoms with Crippen LogP contribution in [0.5, 0.6) is 0 Å². The Morgan fingerprint density at radius 3 is 1.89 bits per heavy atom. The van der Waals surface area contributed by atoms with Gasteiger partial charge in [-0.2, -0.15) is 4.31 Å². The summed E-state index contributed by atoms with van der Waals surface area (Å²) in [5, 5.41) is 0. The third-order valence-corrected chi connectivity index (χ3v) is 9.38. The van der Waals surface area contributed by atoms with Gasteiger partial charge in [-0.15, -0.1) is 0 Å². The van der Waals surface area contributed by atoms with Gasteiger partial charge < -0.3 is 4.90 Å². The molecule has 1 saturated heterocycles. The lowest BCUT2D eigenvalue weighted by molar-refractivity contribution is -0.158. The van der Waals surface area contributed by atoms with E-state index in [1.54, 1.807) is 0 Å². The number of hydrogen-bond acceptors (Lipinski definition) is 3. The minimum absolute atomic E-state index is 0.106. The largest absolute Gasteiger partial charge is 0.340 e. The zero-order valence-electron chi connectivity index (χ0n) is 16.0. The predicted octanol–water partition coefficient (Wildman–Crippen LogP) is 2.88. The van der Waals surface area contributed by atoms with Crippen LogP contribution in [0.15, 0.2) is 29.2 Å². The first-order valence-corrected chi connectivity index (χ1v) is 11.8. The molecule has 5 nitrogen and oxygen atoms in total. The van der Waals surface area contributed by atoms with Crippen molar-refractivity contribution in [3.05, 3.63) is 30.1 Å². The van der Waals surface area contributed by atoms with Crippen molar-refractivity contribution in [1.82, 2.24) is 9.21 Å². The smallest absolute Gasteiger partial charge is 0.243 e. The second-order valence-electron chi connectivity index (χ2n) is 9.35. The summed E-state index contributed by atoms with van der Waals surface area (Å²) in [6.07, 6.45) is 7.01. The summed E-state index contributed by atoms with van der Waals surface area (Å²) in [5.41, 5.74) is -0.174. The van der Waals surface area contributed by atoms with Gasteiger partial charge in [0, 0.05) is 26.2 Å². The zero-order valence-corrected chi connectivity index (χ0v) is 16.8. The molecule has 0 aromatic heterocycles. The van der Waals surface area contributed by atoms with E-state index in [-0.39, 0.29) is 16.2 Å². The Morgan fingerprint density at radius 1 is 0.893 bits per heavy atom. The van der Waals surface area contributed by atoms with E-state index in [0.717, 1.165) is 37.0 Å². The molecule has 1 aromatic rings. The summed E-state index contributed by atoms with van der Waals surface area (Å²) in [7, 11) is -3.64. The maximum atomic E-state index is 13.4. The monoisotopic (exact) mass is 406 g/mol. The SMILES string of the molecule is O=C(N1CCN(S(=O)(=O)c2ccc(F)cc2)CC1)C12CC3CC(CC(C3)C1)C2. The van der Waals surface area contributed by atoms with E-state index in [4.69, 9.17) is 0 Å². The maximum Gasteiger partial charge on any atom is 0.243 e. The molecule has 152 valence electrons. The lowest BCUT2D eigenvalue weighted by Crippen LogP contribution is -2.58. The molecule has 0 spiro atoms. The van der Waals surface area contributed by atoms with Crippen LogP contribution in [-0.4, -0.2) is 49.7 Å². The molecule has 1 amide bonds. The number of hydrogen-bond donors (Lipinski definition) is 0. The molecule has 5 aliphatic rings. The highest BCUT2D eigenvalue weighted by Gasteiger charge is 2.55. The van der Waals surface area contributed by atoms with Crippen LogP contribution in [0.3, 0.4) is 0 Å². The molecule has 0 unspecified atom stereocenters. The van der Waals surface area contributed by atoms with E-state index in [2.05, 4.69) is 0 Å². The van der Waals surface area contributed by atoms with E-state index in [1.807, 2.05) is 4.90 Å². The fraction of sp³-hybridized carbons (Fsp3) is 0.667. The fourth-order valence-corrected chi connectivity index (χ4v) is 8.02. The molecule has 6 rings (SSSR count). The van der Waals surface area contributed by atoms with Gasteiger partial charge in [-0.25, -0.2) is 12.8 Å². The van der Waals surface area contributed by atoms with Gasteiger partial charge in [0.2, 0.25) is 15.9 Å². The van der Waals surface area contributed by atoms with Crippen molar-refractivity contribution in [1.29, 1.82) is 0 Å². The van der Waals surface area contributed by atoms with E-state index in [9.17, 15) is 17.6 Å². The van der Waals surface area contributed by atoms with Crippen LogP contribution in [0.2, 0.25) is 0 Å². The molecule has 7 heteroatoms. The van der Waals surface area contributed by atoms with Crippen molar-refractivity contribution in [2.45, 2.75) is 43.4 Å². The molecule has 1 aliphatic heterocycles. The van der Waals surface area contributed by atoms with Crippen molar-refractivity contribution in [2.24, 2.45) is 23.2 Å². The third kappa shape index (κ3) is 2.98. The topological polar surface area (TPSA) is 57.7 Å². The Balaban J connectivity index is 1.27. The number of benzene rings is 1. The van der Waals surface area contributed by atoms with Crippen LogP contribution in [0, 0.1) is 29.0 Å². The quantitative estimate of drug-likeness (QED) is 0.776. The highest BCUT2D eigenvalue weighted by Crippen LogP contribution is 2.60. The number of nitrogens with zero attached hydrogens (tertiary/aromatic N) is 2. The lowest BCUT2D eigenvalue weighted by atomic mass is 9.49. The fourth-order valence-electron chi connectivity index (χ4n) is 6.60. The second kappa shape index (κ2) is 6.52. The van der Waals surface area contributed by atoms with Gasteiger partial charge in [0.05, 0.1) is 10.3 Å². The molecule has 4 saturated carbocycles. The van der Waals surface area contributed by atoms with Crippen LogP contribution in [0.25, 0.3) is 0 Å². The number of amides is 1. The van der Waals surface area contributed by atoms with Crippen molar-refractivity contribution in [3.8, 4) is 0 Å². The van der Waals surface area contributed by atoms with Gasteiger partial charge in [0.1, 0.15) is 5.82 Å². The van der Waals surface area contributed by atoms with Crippen LogP contribution in [0.4, 0.5) is 4.39 Å². The van der Waals surface area contributed by atoms with Gasteiger partial charge in [0.25, 0.3) is 0 Å². The molecule has 4 aliphatic carbocycles. The second-order valence-corrected chi connectivity index (χ2v) is 11.3. The highest BCUT2D eigenvalue weighted by atomic mass is 32.2. The van der Waals surface area contributed by atoms with Gasteiger partial charge >= 0.3 is 0 Å². The minimum Gasteiger partial charge on any atom is -0.340 e. The van der Waals surface area contributed by atoms with Gasteiger partial charge in [-0.3, -0.25) is 4.79 Å². The van der Waals surface area contributed by atoms with E-state index >= 15 is 0 Å². The Morgan fingerprint density at radius 2 is 1.39 bits per heavy atom. The normalized spacial score (nSPS) is 35.3. The maximum absolute atomic E-state index is 13.4. The first kappa shape index (κ1) is 18.6. The van der Waals surface area contributed by atoms with Crippen molar-refractivity contribution < 1.29 is 17.6 Å². The molecular weight excluding hydrogens is 379 g/mol. The number of sulfonamides is 1. The summed E-state index contributed by atoms with van der Waals surface area (Å²) in [6, 6.07) is 4.94. The Bertz CT molecular complexity index is 840. The molecule has 28 heavy (non-hydrogen) atoms. The molecule has 0 radical (unpaired) electrons. The van der Waals surface area contributed by atoms with Crippen molar-refractivity contribution in [2.75, 3.05) is 26.2 Å². The van der Waals surface area contributed by atoms with E-state index < -0.39 is 15.8 Å². The summed E-state index contributed by atoms with van der Waals surface area (Å²) in [6.45, 7) is 1.50. The van der Waals surface area contributed by atoms with E-state index in [1.165, 1.54) is 47.8 Å². The molecule has 1 heterocycles. The predicted molar refractivity (Wildman–Crippen MR) is 102 cm³/mol. The molecular formula is C21H27FN2O3S. The zero-order chi connectivity index (χ0) is 19.5. The Labute approximate surface area is 165 Å². The first-order valence-electron chi connectivity index (χ1n) is 10.4. The molecule has 4 bridgehead atoms. The lowest BCUT2D eigenvalue weighted by Gasteiger charge is -2.57. The van der Waals surface area contributed by atoms with Crippen LogP contribution >= 0.6 is 0 Å². The van der Waals surface area contributed by atoms with Crippen LogP contribution in [0.1, 0.15) is 38.5 Å². The molecule has 1 aromatic carbocycles. The minimum atomic E-state index is -3.64. The summed E-state index contributed by atoms with van der Waals surface area (Å²) < 4.78 is 40.1. The third-order valence-electron chi connectivity index (χ3n) is 7.47. The summed E-state index contributed by atoms with van der Waals surface area (Å²) in [4.78, 5) is 15.4. The number of piperazine rings is 1. The standard InChI is InChI=1S/C21H27FN2O3S/c22-18-1-3-19(4-2-18)28(26,27)24-7-5-23(6-8-24)20(25)21-12-15-9-16(13-21)11-17(10-15)14-21/h1-4,15-17H,5-14H2. The number of rotatable bonds is 3. The molecule has 5 fully saturated rings. The van der Waals surface area contributed by atoms with Gasteiger partial charge in [-0.1, -0.05) is 0 Å². The molecule has 0 N–H and O–H groups in total. The first-order chi connectivity index (χ1) is 13.4. The molecule has 0 atom stereocenters. The average molecular weight is 407 g/mol.